The van der Waals surface area contributed by atoms with Crippen molar-refractivity contribution in [2.75, 3.05) is 26.7 Å². The number of nitrogens with one attached hydrogen (secondary N) is 2. The van der Waals surface area contributed by atoms with Gasteiger partial charge in [-0.2, -0.15) is 4.98 Å². The molecule has 3 heterocycles. The lowest BCUT2D eigenvalue weighted by Gasteiger charge is -2.37. The quantitative estimate of drug-likeness (QED) is 0.495. The highest BCUT2D eigenvalue weighted by molar-refractivity contribution is 6.12. The van der Waals surface area contributed by atoms with E-state index in [4.69, 9.17) is 9.26 Å². The summed E-state index contributed by atoms with van der Waals surface area (Å²) in [5, 5.41) is 14.8. The Hall–Kier alpha value is -4.05. The van der Waals surface area contributed by atoms with E-state index in [1.807, 2.05) is 36.4 Å². The lowest BCUT2D eigenvalue weighted by atomic mass is 9.75. The predicted molar refractivity (Wildman–Crippen MR) is 132 cm³/mol. The van der Waals surface area contributed by atoms with Crippen LogP contribution in [0, 0.1) is 5.41 Å². The highest BCUT2D eigenvalue weighted by Crippen LogP contribution is 2.29. The van der Waals surface area contributed by atoms with Crippen molar-refractivity contribution in [2.24, 2.45) is 10.5 Å². The van der Waals surface area contributed by atoms with E-state index in [-0.39, 0.29) is 18.1 Å². The molecule has 2 aliphatic heterocycles. The first kappa shape index (κ1) is 23.7. The van der Waals surface area contributed by atoms with Crippen LogP contribution in [0.3, 0.4) is 0 Å². The van der Waals surface area contributed by atoms with Crippen LogP contribution in [0.25, 0.3) is 11.4 Å². The fraction of sp³-hybridized carbons (Fsp3) is 0.346. The van der Waals surface area contributed by atoms with Gasteiger partial charge in [0, 0.05) is 37.1 Å². The Labute approximate surface area is 208 Å². The molecule has 1 saturated heterocycles. The van der Waals surface area contributed by atoms with Gasteiger partial charge in [0.25, 0.3) is 5.91 Å². The van der Waals surface area contributed by atoms with Crippen LogP contribution in [0.4, 0.5) is 0 Å². The van der Waals surface area contributed by atoms with Gasteiger partial charge in [0.05, 0.1) is 18.1 Å². The maximum absolute atomic E-state index is 13.5. The summed E-state index contributed by atoms with van der Waals surface area (Å²) in [4.78, 5) is 30.0. The molecule has 2 aliphatic rings. The fourth-order valence-electron chi connectivity index (χ4n) is 4.62. The molecule has 2 aromatic carbocycles. The lowest BCUT2D eigenvalue weighted by molar-refractivity contribution is -0.129. The Balaban J connectivity index is 1.25. The zero-order valence-corrected chi connectivity index (χ0v) is 20.0. The third-order valence-corrected chi connectivity index (χ3v) is 6.69. The van der Waals surface area contributed by atoms with Crippen molar-refractivity contribution in [3.05, 3.63) is 65.5 Å². The van der Waals surface area contributed by atoms with E-state index < -0.39 is 5.41 Å². The average Bonchev–Trinajstić information content (AvgIpc) is 3.41. The summed E-state index contributed by atoms with van der Waals surface area (Å²) in [6, 6.07) is 14.6. The first-order chi connectivity index (χ1) is 17.6. The molecule has 185 valence electrons. The molecule has 0 spiro atoms. The molecule has 0 bridgehead atoms. The number of amides is 1. The standard InChI is InChI=1S/C26H27N6O4/c1-35-18-9-7-17(8-10-18)23-29-22(36-32-23)12-11-21(33)26(13-4-14-27-15-26)16-28-24-19-5-2-3-6-20(19)25(34)31-30-24/h2-3,5-10,27H,4,11-16H2,1H3,(H,28,30). The second-order valence-corrected chi connectivity index (χ2v) is 8.98. The van der Waals surface area contributed by atoms with Crippen molar-refractivity contribution >= 4 is 17.5 Å². The summed E-state index contributed by atoms with van der Waals surface area (Å²) in [5.74, 6) is 1.89. The normalized spacial score (nSPS) is 19.1. The Morgan fingerprint density at radius 1 is 1.17 bits per heavy atom. The lowest BCUT2D eigenvalue weighted by Crippen LogP contribution is -2.52. The summed E-state index contributed by atoms with van der Waals surface area (Å²) >= 11 is 0. The highest BCUT2D eigenvalue weighted by atomic mass is 16.5. The number of carbonyl (C=O) groups is 2. The van der Waals surface area contributed by atoms with E-state index in [0.717, 1.165) is 30.7 Å². The average molecular weight is 488 g/mol. The summed E-state index contributed by atoms with van der Waals surface area (Å²) in [6.45, 7) is 1.82. The van der Waals surface area contributed by atoms with E-state index in [0.29, 0.717) is 48.2 Å². The monoisotopic (exact) mass is 487 g/mol. The van der Waals surface area contributed by atoms with Crippen LogP contribution in [0.2, 0.25) is 0 Å². The molecule has 0 aliphatic carbocycles. The minimum Gasteiger partial charge on any atom is -0.497 e. The van der Waals surface area contributed by atoms with Crippen LogP contribution >= 0.6 is 0 Å². The molecule has 10 heteroatoms. The van der Waals surface area contributed by atoms with Crippen molar-refractivity contribution in [2.45, 2.75) is 25.7 Å². The van der Waals surface area contributed by atoms with Crippen molar-refractivity contribution in [1.29, 1.82) is 0 Å². The van der Waals surface area contributed by atoms with Gasteiger partial charge in [-0.05, 0) is 49.7 Å². The number of methoxy groups -OCH3 is 1. The largest absolute Gasteiger partial charge is 0.497 e. The van der Waals surface area contributed by atoms with Crippen molar-refractivity contribution in [3.8, 4) is 17.1 Å². The molecular weight excluding hydrogens is 460 g/mol. The number of amidine groups is 1. The van der Waals surface area contributed by atoms with E-state index in [2.05, 4.69) is 31.3 Å². The van der Waals surface area contributed by atoms with E-state index in [1.54, 1.807) is 19.2 Å². The number of hydrogen-bond donors (Lipinski definition) is 2. The van der Waals surface area contributed by atoms with Gasteiger partial charge >= 0.3 is 0 Å². The van der Waals surface area contributed by atoms with Gasteiger partial charge < -0.3 is 19.9 Å². The first-order valence-electron chi connectivity index (χ1n) is 12.0. The van der Waals surface area contributed by atoms with Gasteiger partial charge in [0.15, 0.2) is 5.84 Å². The van der Waals surface area contributed by atoms with Crippen LogP contribution in [0.5, 0.6) is 5.75 Å². The van der Waals surface area contributed by atoms with Gasteiger partial charge in [-0.15, -0.1) is 10.5 Å². The number of carbonyl (C=O) groups excluding carboxylic acids is 2. The number of aryl methyl sites for hydroxylation is 1. The van der Waals surface area contributed by atoms with Gasteiger partial charge in [-0.1, -0.05) is 23.4 Å². The van der Waals surface area contributed by atoms with Gasteiger partial charge in [-0.3, -0.25) is 9.59 Å². The summed E-state index contributed by atoms with van der Waals surface area (Å²) in [5.41, 5.74) is 5.14. The van der Waals surface area contributed by atoms with Gasteiger partial charge in [0.1, 0.15) is 11.5 Å². The zero-order valence-electron chi connectivity index (χ0n) is 20.0. The topological polar surface area (TPSA) is 133 Å². The van der Waals surface area contributed by atoms with Crippen LogP contribution in [-0.4, -0.2) is 54.4 Å². The zero-order chi connectivity index (χ0) is 25.0. The highest BCUT2D eigenvalue weighted by Gasteiger charge is 2.39. The molecule has 1 radical (unpaired) electrons. The van der Waals surface area contributed by atoms with Gasteiger partial charge in [-0.25, -0.2) is 0 Å². The number of fused-ring (bicyclic) bond motifs is 1. The summed E-state index contributed by atoms with van der Waals surface area (Å²) in [7, 11) is 1.61. The van der Waals surface area contributed by atoms with Crippen molar-refractivity contribution in [1.82, 2.24) is 26.2 Å². The number of ether oxygens (including phenoxy) is 1. The Morgan fingerprint density at radius 2 is 1.97 bits per heavy atom. The fourth-order valence-corrected chi connectivity index (χ4v) is 4.62. The number of ketones is 1. The van der Waals surface area contributed by atoms with E-state index in [1.165, 1.54) is 0 Å². The number of piperidine rings is 1. The molecule has 1 unspecified atom stereocenters. The Morgan fingerprint density at radius 3 is 2.72 bits per heavy atom. The number of nitrogens with zero attached hydrogens (tertiary/aromatic N) is 4. The molecule has 3 aromatic rings. The maximum Gasteiger partial charge on any atom is 0.296 e. The van der Waals surface area contributed by atoms with Gasteiger partial charge in [0.2, 0.25) is 11.7 Å². The third kappa shape index (κ3) is 4.85. The maximum atomic E-state index is 13.5. The molecule has 2 N–H and O–H groups in total. The number of benzene rings is 2. The molecule has 10 nitrogen and oxygen atoms in total. The van der Waals surface area contributed by atoms with Crippen LogP contribution < -0.4 is 20.8 Å². The molecule has 1 fully saturated rings. The molecular formula is C26H27N6O4. The van der Waals surface area contributed by atoms with Crippen LogP contribution in [0.1, 0.15) is 41.1 Å². The molecule has 0 saturated carbocycles. The van der Waals surface area contributed by atoms with Crippen molar-refractivity contribution in [3.63, 3.8) is 0 Å². The first-order valence-corrected chi connectivity index (χ1v) is 12.0. The third-order valence-electron chi connectivity index (χ3n) is 6.69. The second kappa shape index (κ2) is 10.3. The minimum atomic E-state index is -0.615. The Kier molecular flexibility index (Phi) is 6.77. The van der Waals surface area contributed by atoms with E-state index in [9.17, 15) is 9.59 Å². The Bertz CT molecular complexity index is 1280. The molecule has 36 heavy (non-hydrogen) atoms. The number of Topliss-reactive ketones (excluding diaryl/α,β-unsaturated/α-hetero) is 1. The van der Waals surface area contributed by atoms with Crippen LogP contribution in [-0.2, 0) is 11.2 Å². The predicted octanol–water partition coefficient (Wildman–Crippen LogP) is 2.33. The minimum absolute atomic E-state index is 0.115. The summed E-state index contributed by atoms with van der Waals surface area (Å²) in [6.07, 6.45) is 2.27. The molecule has 1 atom stereocenters. The molecule has 1 aromatic heterocycles. The van der Waals surface area contributed by atoms with Crippen LogP contribution in [0.15, 0.2) is 58.2 Å². The number of hydrogen-bond acceptors (Lipinski definition) is 9. The number of rotatable bonds is 8. The van der Waals surface area contributed by atoms with E-state index >= 15 is 0 Å². The summed E-state index contributed by atoms with van der Waals surface area (Å²) < 4.78 is 10.6. The second-order valence-electron chi connectivity index (χ2n) is 8.98. The smallest absolute Gasteiger partial charge is 0.296 e. The van der Waals surface area contributed by atoms with Crippen molar-refractivity contribution < 1.29 is 18.8 Å². The molecule has 5 rings (SSSR count). The number of aromatic nitrogens is 2. The SMILES string of the molecule is COc1ccc(-c2noc(CCC(=O)C3(CNC4=N[N]C(=O)c5ccccc54)CCCNC3)n2)cc1. The molecule has 1 amide bonds.